The van der Waals surface area contributed by atoms with Crippen molar-refractivity contribution in [2.24, 2.45) is 5.92 Å². The third-order valence-corrected chi connectivity index (χ3v) is 6.08. The van der Waals surface area contributed by atoms with Gasteiger partial charge in [0, 0.05) is 29.5 Å². The number of H-pyrrole nitrogens is 1. The molecule has 0 aliphatic heterocycles. The Bertz CT molecular complexity index is 1360. The summed E-state index contributed by atoms with van der Waals surface area (Å²) in [7, 11) is 0. The maximum Gasteiger partial charge on any atom is 0.293 e. The fourth-order valence-electron chi connectivity index (χ4n) is 4.37. The first kappa shape index (κ1) is 20.9. The number of hydrogen-bond acceptors (Lipinski definition) is 3. The van der Waals surface area contributed by atoms with Crippen LogP contribution in [0.1, 0.15) is 34.9 Å². The molecule has 0 bridgehead atoms. The van der Waals surface area contributed by atoms with Gasteiger partial charge in [0.25, 0.3) is 5.91 Å². The number of nitrogens with zero attached hydrogens (tertiary/aromatic N) is 2. The standard InChI is InChI=1S/C25H19F3N4O/c1-13(31-25(33)24-29-7-2-8-30-24)15-9-16(10-15)21-19-11-18(27)12-20(28)23(19)32-22(21)14-3-5-17(26)6-4-14/h2-8,11-12,15-16,32H,1,9-10H2,(H,31,33). The minimum atomic E-state index is -0.685. The van der Waals surface area contributed by atoms with Crippen LogP contribution in [0.3, 0.4) is 0 Å². The number of amides is 1. The third kappa shape index (κ3) is 3.88. The molecule has 2 aromatic heterocycles. The summed E-state index contributed by atoms with van der Waals surface area (Å²) in [6.45, 7) is 3.98. The number of nitrogens with one attached hydrogen (secondary N) is 2. The molecule has 0 unspecified atom stereocenters. The van der Waals surface area contributed by atoms with Crippen LogP contribution in [-0.2, 0) is 0 Å². The number of rotatable bonds is 5. The molecule has 2 heterocycles. The molecular weight excluding hydrogens is 429 g/mol. The SMILES string of the molecule is C=C(NC(=O)c1ncccn1)C1CC(c2c(-c3ccc(F)cc3)[nH]c3c(F)cc(F)cc23)C1. The highest BCUT2D eigenvalue weighted by Gasteiger charge is 2.36. The lowest BCUT2D eigenvalue weighted by Gasteiger charge is -2.37. The first-order valence-corrected chi connectivity index (χ1v) is 10.4. The Labute approximate surface area is 187 Å². The summed E-state index contributed by atoms with van der Waals surface area (Å²) in [5, 5.41) is 3.20. The highest BCUT2D eigenvalue weighted by Crippen LogP contribution is 2.49. The third-order valence-electron chi connectivity index (χ3n) is 6.08. The fraction of sp³-hybridized carbons (Fsp3) is 0.160. The molecule has 2 aromatic carbocycles. The van der Waals surface area contributed by atoms with E-state index in [-0.39, 0.29) is 29.0 Å². The lowest BCUT2D eigenvalue weighted by molar-refractivity contribution is 0.0946. The second-order valence-corrected chi connectivity index (χ2v) is 8.15. The molecule has 0 saturated heterocycles. The maximum atomic E-state index is 14.5. The summed E-state index contributed by atoms with van der Waals surface area (Å²) in [5.41, 5.74) is 2.84. The molecule has 0 atom stereocenters. The zero-order chi connectivity index (χ0) is 23.1. The van der Waals surface area contributed by atoms with Gasteiger partial charge in [-0.15, -0.1) is 0 Å². The van der Waals surface area contributed by atoms with E-state index in [2.05, 4.69) is 26.8 Å². The Morgan fingerprint density at radius 3 is 2.42 bits per heavy atom. The van der Waals surface area contributed by atoms with Crippen LogP contribution in [0.5, 0.6) is 0 Å². The van der Waals surface area contributed by atoms with E-state index < -0.39 is 17.5 Å². The minimum Gasteiger partial charge on any atom is -0.352 e. The molecule has 1 aliphatic rings. The van der Waals surface area contributed by atoms with E-state index in [0.717, 1.165) is 11.6 Å². The zero-order valence-corrected chi connectivity index (χ0v) is 17.4. The van der Waals surface area contributed by atoms with E-state index >= 15 is 0 Å². The molecule has 2 N–H and O–H groups in total. The molecule has 33 heavy (non-hydrogen) atoms. The first-order chi connectivity index (χ1) is 15.9. The van der Waals surface area contributed by atoms with Crippen molar-refractivity contribution in [3.8, 4) is 11.3 Å². The molecule has 5 rings (SSSR count). The Balaban J connectivity index is 1.42. The fourth-order valence-corrected chi connectivity index (χ4v) is 4.37. The highest BCUT2D eigenvalue weighted by molar-refractivity contribution is 5.93. The number of fused-ring (bicyclic) bond motifs is 1. The molecule has 0 spiro atoms. The number of halogens is 3. The lowest BCUT2D eigenvalue weighted by atomic mass is 9.69. The quantitative estimate of drug-likeness (QED) is 0.425. The van der Waals surface area contributed by atoms with Crippen LogP contribution >= 0.6 is 0 Å². The van der Waals surface area contributed by atoms with Crippen molar-refractivity contribution in [3.05, 3.63) is 96.0 Å². The normalized spacial score (nSPS) is 17.5. The number of aromatic amines is 1. The van der Waals surface area contributed by atoms with Crippen LogP contribution in [0.25, 0.3) is 22.2 Å². The molecule has 1 fully saturated rings. The Hall–Kier alpha value is -3.94. The van der Waals surface area contributed by atoms with Crippen LogP contribution in [-0.4, -0.2) is 20.9 Å². The van der Waals surface area contributed by atoms with Gasteiger partial charge in [0.15, 0.2) is 0 Å². The Morgan fingerprint density at radius 1 is 1.03 bits per heavy atom. The van der Waals surface area contributed by atoms with Gasteiger partial charge in [-0.1, -0.05) is 6.58 Å². The van der Waals surface area contributed by atoms with Crippen molar-refractivity contribution in [1.29, 1.82) is 0 Å². The van der Waals surface area contributed by atoms with E-state index in [4.69, 9.17) is 0 Å². The second kappa shape index (κ2) is 8.20. The molecule has 1 aliphatic carbocycles. The molecule has 0 radical (unpaired) electrons. The van der Waals surface area contributed by atoms with Crippen molar-refractivity contribution < 1.29 is 18.0 Å². The predicted molar refractivity (Wildman–Crippen MR) is 118 cm³/mol. The number of carbonyl (C=O) groups is 1. The molecule has 5 nitrogen and oxygen atoms in total. The van der Waals surface area contributed by atoms with Crippen LogP contribution in [0.4, 0.5) is 13.2 Å². The average molecular weight is 448 g/mol. The summed E-state index contributed by atoms with van der Waals surface area (Å²) in [6, 6.07) is 9.63. The average Bonchev–Trinajstić information content (AvgIpc) is 3.13. The predicted octanol–water partition coefficient (Wildman–Crippen LogP) is 5.48. The van der Waals surface area contributed by atoms with E-state index in [0.29, 0.717) is 35.2 Å². The number of allylic oxidation sites excluding steroid dienone is 1. The van der Waals surface area contributed by atoms with Crippen LogP contribution < -0.4 is 5.32 Å². The van der Waals surface area contributed by atoms with Gasteiger partial charge in [0.05, 0.1) is 11.2 Å². The van der Waals surface area contributed by atoms with E-state index in [1.807, 2.05) is 0 Å². The summed E-state index contributed by atoms with van der Waals surface area (Å²) < 4.78 is 42.0. The largest absolute Gasteiger partial charge is 0.352 e. The minimum absolute atomic E-state index is 0.00733. The van der Waals surface area contributed by atoms with Crippen LogP contribution in [0.2, 0.25) is 0 Å². The van der Waals surface area contributed by atoms with E-state index in [1.54, 1.807) is 18.2 Å². The zero-order valence-electron chi connectivity index (χ0n) is 17.4. The van der Waals surface area contributed by atoms with Crippen LogP contribution in [0.15, 0.2) is 67.1 Å². The number of hydrogen-bond donors (Lipinski definition) is 2. The smallest absolute Gasteiger partial charge is 0.293 e. The van der Waals surface area contributed by atoms with Gasteiger partial charge in [0.2, 0.25) is 5.82 Å². The Morgan fingerprint density at radius 2 is 1.73 bits per heavy atom. The van der Waals surface area contributed by atoms with Gasteiger partial charge >= 0.3 is 0 Å². The number of aromatic nitrogens is 3. The van der Waals surface area contributed by atoms with Gasteiger partial charge in [-0.3, -0.25) is 4.79 Å². The monoisotopic (exact) mass is 448 g/mol. The lowest BCUT2D eigenvalue weighted by Crippen LogP contribution is -2.33. The summed E-state index contributed by atoms with van der Waals surface area (Å²) in [6.07, 6.45) is 4.23. The van der Waals surface area contributed by atoms with E-state index in [9.17, 15) is 18.0 Å². The number of carbonyl (C=O) groups excluding carboxylic acids is 1. The van der Waals surface area contributed by atoms with Gasteiger partial charge in [-0.05, 0) is 72.2 Å². The van der Waals surface area contributed by atoms with Crippen LogP contribution in [0, 0.1) is 23.4 Å². The maximum absolute atomic E-state index is 14.5. The molecule has 166 valence electrons. The van der Waals surface area contributed by atoms with Gasteiger partial charge < -0.3 is 10.3 Å². The Kier molecular flexibility index (Phi) is 5.20. The van der Waals surface area contributed by atoms with Crippen molar-refractivity contribution in [2.45, 2.75) is 18.8 Å². The van der Waals surface area contributed by atoms with Crippen molar-refractivity contribution in [1.82, 2.24) is 20.3 Å². The molecule has 4 aromatic rings. The summed E-state index contributed by atoms with van der Waals surface area (Å²) in [4.78, 5) is 23.2. The van der Waals surface area contributed by atoms with Gasteiger partial charge in [0.1, 0.15) is 17.5 Å². The molecule has 1 saturated carbocycles. The van der Waals surface area contributed by atoms with Crippen molar-refractivity contribution in [2.75, 3.05) is 0 Å². The summed E-state index contributed by atoms with van der Waals surface area (Å²) >= 11 is 0. The topological polar surface area (TPSA) is 70.7 Å². The van der Waals surface area contributed by atoms with E-state index in [1.165, 1.54) is 30.6 Å². The van der Waals surface area contributed by atoms with Crippen molar-refractivity contribution in [3.63, 3.8) is 0 Å². The van der Waals surface area contributed by atoms with Crippen molar-refractivity contribution >= 4 is 16.8 Å². The second-order valence-electron chi connectivity index (χ2n) is 8.15. The molecule has 1 amide bonds. The summed E-state index contributed by atoms with van der Waals surface area (Å²) in [5.74, 6) is -2.15. The molecular formula is C25H19F3N4O. The number of benzene rings is 2. The highest BCUT2D eigenvalue weighted by atomic mass is 19.1. The first-order valence-electron chi connectivity index (χ1n) is 10.4. The molecule has 8 heteroatoms. The van der Waals surface area contributed by atoms with Gasteiger partial charge in [-0.25, -0.2) is 23.1 Å². The van der Waals surface area contributed by atoms with Gasteiger partial charge in [-0.2, -0.15) is 0 Å².